The number of aryl methyl sites for hydroxylation is 1. The molecule has 0 fully saturated rings. The van der Waals surface area contributed by atoms with Crippen LogP contribution in [0.15, 0.2) is 48.5 Å². The van der Waals surface area contributed by atoms with E-state index in [0.717, 1.165) is 24.0 Å². The van der Waals surface area contributed by atoms with Crippen LogP contribution in [0.5, 0.6) is 0 Å². The Morgan fingerprint density at radius 2 is 1.65 bits per heavy atom. The van der Waals surface area contributed by atoms with Crippen molar-refractivity contribution in [1.82, 2.24) is 5.32 Å². The van der Waals surface area contributed by atoms with Crippen molar-refractivity contribution in [3.05, 3.63) is 59.7 Å². The second kappa shape index (κ2) is 10.7. The molecule has 0 spiro atoms. The normalized spacial score (nSPS) is 10.9. The van der Waals surface area contributed by atoms with E-state index in [1.165, 1.54) is 5.56 Å². The lowest BCUT2D eigenvalue weighted by Gasteiger charge is -2.17. The predicted molar refractivity (Wildman–Crippen MR) is 105 cm³/mol. The highest BCUT2D eigenvalue weighted by molar-refractivity contribution is 6.00. The Kier molecular flexibility index (Phi) is 8.32. The molecule has 0 unspecified atom stereocenters. The average molecular weight is 355 g/mol. The molecule has 2 aromatic carbocycles. The lowest BCUT2D eigenvalue weighted by atomic mass is 9.98. The summed E-state index contributed by atoms with van der Waals surface area (Å²) in [6.07, 6.45) is 1.38. The van der Waals surface area contributed by atoms with Crippen LogP contribution >= 0.6 is 0 Å². The van der Waals surface area contributed by atoms with Gasteiger partial charge in [0.25, 0.3) is 5.91 Å². The van der Waals surface area contributed by atoms with Gasteiger partial charge in [0.1, 0.15) is 0 Å². The van der Waals surface area contributed by atoms with Gasteiger partial charge in [0, 0.05) is 31.7 Å². The minimum Gasteiger partial charge on any atom is -0.353 e. The SMILES string of the molecule is CCOC(CCCNC(=O)c1ccccc1-c1ccc(C)cc1)OCC. The molecule has 0 atom stereocenters. The zero-order chi connectivity index (χ0) is 18.8. The Labute approximate surface area is 156 Å². The van der Waals surface area contributed by atoms with Gasteiger partial charge in [-0.1, -0.05) is 48.0 Å². The van der Waals surface area contributed by atoms with E-state index in [1.807, 2.05) is 38.1 Å². The van der Waals surface area contributed by atoms with E-state index in [0.29, 0.717) is 25.3 Å². The number of nitrogens with one attached hydrogen (secondary N) is 1. The van der Waals surface area contributed by atoms with Crippen molar-refractivity contribution in [3.8, 4) is 11.1 Å². The average Bonchev–Trinajstić information content (AvgIpc) is 2.66. The Morgan fingerprint density at radius 3 is 2.31 bits per heavy atom. The molecule has 0 aliphatic rings. The van der Waals surface area contributed by atoms with Crippen LogP contribution in [0.2, 0.25) is 0 Å². The third kappa shape index (κ3) is 5.97. The first kappa shape index (κ1) is 20.1. The van der Waals surface area contributed by atoms with Gasteiger partial charge in [0.05, 0.1) is 0 Å². The van der Waals surface area contributed by atoms with Crippen molar-refractivity contribution in [3.63, 3.8) is 0 Å². The summed E-state index contributed by atoms with van der Waals surface area (Å²) in [5, 5.41) is 3.01. The topological polar surface area (TPSA) is 47.6 Å². The second-order valence-corrected chi connectivity index (χ2v) is 6.15. The lowest BCUT2D eigenvalue weighted by Crippen LogP contribution is -2.26. The van der Waals surface area contributed by atoms with E-state index >= 15 is 0 Å². The van der Waals surface area contributed by atoms with Crippen molar-refractivity contribution < 1.29 is 14.3 Å². The van der Waals surface area contributed by atoms with Gasteiger partial charge < -0.3 is 14.8 Å². The summed E-state index contributed by atoms with van der Waals surface area (Å²) in [5.41, 5.74) is 3.90. The zero-order valence-corrected chi connectivity index (χ0v) is 16.0. The number of carbonyl (C=O) groups excluding carboxylic acids is 1. The maximum absolute atomic E-state index is 12.6. The molecule has 0 aromatic heterocycles. The molecule has 0 aliphatic carbocycles. The van der Waals surface area contributed by atoms with Crippen molar-refractivity contribution >= 4 is 5.91 Å². The van der Waals surface area contributed by atoms with Crippen LogP contribution in [-0.4, -0.2) is 32.0 Å². The maximum atomic E-state index is 12.6. The Bertz CT molecular complexity index is 676. The molecule has 26 heavy (non-hydrogen) atoms. The fourth-order valence-corrected chi connectivity index (χ4v) is 2.82. The van der Waals surface area contributed by atoms with Crippen LogP contribution in [0.25, 0.3) is 11.1 Å². The third-order valence-corrected chi connectivity index (χ3v) is 4.14. The summed E-state index contributed by atoms with van der Waals surface area (Å²) in [6, 6.07) is 15.9. The second-order valence-electron chi connectivity index (χ2n) is 6.15. The van der Waals surface area contributed by atoms with E-state index < -0.39 is 0 Å². The number of amides is 1. The number of hydrogen-bond donors (Lipinski definition) is 1. The van der Waals surface area contributed by atoms with Gasteiger partial charge in [-0.3, -0.25) is 4.79 Å². The Balaban J connectivity index is 1.94. The fourth-order valence-electron chi connectivity index (χ4n) is 2.82. The molecule has 1 N–H and O–H groups in total. The van der Waals surface area contributed by atoms with E-state index in [9.17, 15) is 4.79 Å². The molecule has 0 saturated carbocycles. The molecular weight excluding hydrogens is 326 g/mol. The summed E-state index contributed by atoms with van der Waals surface area (Å²) < 4.78 is 11.1. The third-order valence-electron chi connectivity index (χ3n) is 4.14. The first-order valence-electron chi connectivity index (χ1n) is 9.33. The molecule has 140 valence electrons. The summed E-state index contributed by atoms with van der Waals surface area (Å²) >= 11 is 0. The molecule has 0 aliphatic heterocycles. The van der Waals surface area contributed by atoms with Gasteiger partial charge in [-0.25, -0.2) is 0 Å². The highest BCUT2D eigenvalue weighted by Crippen LogP contribution is 2.24. The number of rotatable bonds is 10. The van der Waals surface area contributed by atoms with Crippen LogP contribution in [0.3, 0.4) is 0 Å². The molecule has 0 heterocycles. The molecule has 4 heteroatoms. The molecule has 0 radical (unpaired) electrons. The number of benzene rings is 2. The number of hydrogen-bond acceptors (Lipinski definition) is 3. The van der Waals surface area contributed by atoms with Gasteiger partial charge in [-0.15, -0.1) is 0 Å². The summed E-state index contributed by atoms with van der Waals surface area (Å²) in [6.45, 7) is 7.81. The largest absolute Gasteiger partial charge is 0.353 e. The van der Waals surface area contributed by atoms with Crippen molar-refractivity contribution in [2.45, 2.75) is 39.9 Å². The molecule has 0 saturated heterocycles. The van der Waals surface area contributed by atoms with Crippen molar-refractivity contribution in [2.24, 2.45) is 0 Å². The van der Waals surface area contributed by atoms with E-state index in [-0.39, 0.29) is 12.2 Å². The van der Waals surface area contributed by atoms with Gasteiger partial charge in [-0.05, 0) is 44.4 Å². The number of ether oxygens (including phenoxy) is 2. The van der Waals surface area contributed by atoms with Crippen LogP contribution in [-0.2, 0) is 9.47 Å². The van der Waals surface area contributed by atoms with Gasteiger partial charge in [0.2, 0.25) is 0 Å². The Hall–Kier alpha value is -2.17. The maximum Gasteiger partial charge on any atom is 0.251 e. The molecule has 2 aromatic rings. The minimum absolute atomic E-state index is 0.0504. The highest BCUT2D eigenvalue weighted by Gasteiger charge is 2.13. The molecule has 2 rings (SSSR count). The number of carbonyl (C=O) groups is 1. The smallest absolute Gasteiger partial charge is 0.251 e. The first-order chi connectivity index (χ1) is 12.7. The summed E-state index contributed by atoms with van der Waals surface area (Å²) in [5.74, 6) is -0.0504. The highest BCUT2D eigenvalue weighted by atomic mass is 16.7. The van der Waals surface area contributed by atoms with E-state index in [4.69, 9.17) is 9.47 Å². The van der Waals surface area contributed by atoms with Gasteiger partial charge in [0.15, 0.2) is 6.29 Å². The molecule has 4 nitrogen and oxygen atoms in total. The van der Waals surface area contributed by atoms with Gasteiger partial charge >= 0.3 is 0 Å². The van der Waals surface area contributed by atoms with Gasteiger partial charge in [-0.2, -0.15) is 0 Å². The summed E-state index contributed by atoms with van der Waals surface area (Å²) in [7, 11) is 0. The van der Waals surface area contributed by atoms with E-state index in [1.54, 1.807) is 0 Å². The quantitative estimate of drug-likeness (QED) is 0.502. The van der Waals surface area contributed by atoms with Crippen molar-refractivity contribution in [1.29, 1.82) is 0 Å². The standard InChI is InChI=1S/C22H29NO3/c1-4-25-21(26-5-2)11-8-16-23-22(24)20-10-7-6-9-19(20)18-14-12-17(3)13-15-18/h6-7,9-10,12-15,21H,4-5,8,11,16H2,1-3H3,(H,23,24). The predicted octanol–water partition coefficient (Wildman–Crippen LogP) is 4.57. The zero-order valence-electron chi connectivity index (χ0n) is 16.0. The Morgan fingerprint density at radius 1 is 1.00 bits per heavy atom. The monoisotopic (exact) mass is 355 g/mol. The van der Waals surface area contributed by atoms with Crippen LogP contribution in [0.1, 0.15) is 42.6 Å². The van der Waals surface area contributed by atoms with Crippen LogP contribution < -0.4 is 5.32 Å². The molecule has 1 amide bonds. The minimum atomic E-state index is -0.193. The summed E-state index contributed by atoms with van der Waals surface area (Å²) in [4.78, 5) is 12.6. The first-order valence-corrected chi connectivity index (χ1v) is 9.33. The van der Waals surface area contributed by atoms with E-state index in [2.05, 4.69) is 36.5 Å². The van der Waals surface area contributed by atoms with Crippen molar-refractivity contribution in [2.75, 3.05) is 19.8 Å². The molecule has 0 bridgehead atoms. The van der Waals surface area contributed by atoms with Crippen LogP contribution in [0, 0.1) is 6.92 Å². The molecular formula is C22H29NO3. The van der Waals surface area contributed by atoms with Crippen LogP contribution in [0.4, 0.5) is 0 Å². The fraction of sp³-hybridized carbons (Fsp3) is 0.409. The lowest BCUT2D eigenvalue weighted by molar-refractivity contribution is -0.139.